The highest BCUT2D eigenvalue weighted by Crippen LogP contribution is 2.27. The molecule has 0 heterocycles. The largest absolute Gasteiger partial charge is 0.381 e. The fraction of sp³-hybridized carbons (Fsp3) is 1.00. The Balaban J connectivity index is 1.59. The maximum atomic E-state index is 5.35. The third-order valence-electron chi connectivity index (χ3n) is 3.64. The van der Waals surface area contributed by atoms with Gasteiger partial charge < -0.3 is 10.1 Å². The minimum atomic E-state index is 0.527. The van der Waals surface area contributed by atoms with Crippen molar-refractivity contribution in [2.75, 3.05) is 13.7 Å². The van der Waals surface area contributed by atoms with Crippen LogP contribution >= 0.6 is 0 Å². The fourth-order valence-corrected chi connectivity index (χ4v) is 2.37. The highest BCUT2D eigenvalue weighted by molar-refractivity contribution is 4.82. The predicted molar refractivity (Wildman–Crippen MR) is 53.8 cm³/mol. The van der Waals surface area contributed by atoms with Gasteiger partial charge in [-0.3, -0.25) is 0 Å². The Hall–Kier alpha value is -0.0800. The topological polar surface area (TPSA) is 21.3 Å². The second-order valence-electron chi connectivity index (χ2n) is 4.57. The average molecular weight is 183 g/mol. The van der Waals surface area contributed by atoms with Gasteiger partial charge in [-0.1, -0.05) is 6.42 Å². The Bertz CT molecular complexity index is 156. The molecule has 2 aliphatic rings. The van der Waals surface area contributed by atoms with Crippen LogP contribution in [0.4, 0.5) is 0 Å². The first-order valence-corrected chi connectivity index (χ1v) is 5.64. The molecule has 2 atom stereocenters. The van der Waals surface area contributed by atoms with Crippen LogP contribution in [0.5, 0.6) is 0 Å². The van der Waals surface area contributed by atoms with Crippen LogP contribution in [-0.4, -0.2) is 25.8 Å². The molecule has 2 heteroatoms. The highest BCUT2D eigenvalue weighted by Gasteiger charge is 2.25. The van der Waals surface area contributed by atoms with Crippen molar-refractivity contribution in [1.82, 2.24) is 5.32 Å². The molecule has 2 saturated carbocycles. The van der Waals surface area contributed by atoms with Gasteiger partial charge in [0.05, 0.1) is 6.10 Å². The summed E-state index contributed by atoms with van der Waals surface area (Å²) in [7, 11) is 1.83. The first-order chi connectivity index (χ1) is 6.38. The molecule has 0 radical (unpaired) electrons. The van der Waals surface area contributed by atoms with Crippen LogP contribution in [0.25, 0.3) is 0 Å². The Labute approximate surface area is 81.0 Å². The van der Waals surface area contributed by atoms with Crippen molar-refractivity contribution >= 4 is 0 Å². The van der Waals surface area contributed by atoms with E-state index in [1.807, 2.05) is 7.11 Å². The minimum Gasteiger partial charge on any atom is -0.381 e. The van der Waals surface area contributed by atoms with Gasteiger partial charge in [-0.25, -0.2) is 0 Å². The molecule has 0 aliphatic heterocycles. The van der Waals surface area contributed by atoms with Gasteiger partial charge in [-0.15, -0.1) is 0 Å². The van der Waals surface area contributed by atoms with E-state index in [4.69, 9.17) is 4.74 Å². The summed E-state index contributed by atoms with van der Waals surface area (Å²) in [6.07, 6.45) is 8.67. The number of methoxy groups -OCH3 is 1. The van der Waals surface area contributed by atoms with E-state index in [9.17, 15) is 0 Å². The highest BCUT2D eigenvalue weighted by atomic mass is 16.5. The second kappa shape index (κ2) is 4.43. The van der Waals surface area contributed by atoms with Crippen molar-refractivity contribution in [3.05, 3.63) is 0 Å². The molecule has 2 nitrogen and oxygen atoms in total. The summed E-state index contributed by atoms with van der Waals surface area (Å²) in [6, 6.07) is 0.741. The summed E-state index contributed by atoms with van der Waals surface area (Å²) in [5.41, 5.74) is 0. The van der Waals surface area contributed by atoms with Gasteiger partial charge >= 0.3 is 0 Å². The zero-order chi connectivity index (χ0) is 9.10. The lowest BCUT2D eigenvalue weighted by Gasteiger charge is -2.27. The molecule has 0 saturated heterocycles. The van der Waals surface area contributed by atoms with Crippen molar-refractivity contribution in [3.63, 3.8) is 0 Å². The van der Waals surface area contributed by atoms with E-state index in [2.05, 4.69) is 5.32 Å². The predicted octanol–water partition coefficient (Wildman–Crippen LogP) is 1.94. The van der Waals surface area contributed by atoms with Crippen molar-refractivity contribution in [2.24, 2.45) is 5.92 Å². The monoisotopic (exact) mass is 183 g/mol. The summed E-state index contributed by atoms with van der Waals surface area (Å²) in [6.45, 7) is 1.25. The van der Waals surface area contributed by atoms with Crippen LogP contribution in [0.15, 0.2) is 0 Å². The smallest absolute Gasteiger partial charge is 0.0586 e. The summed E-state index contributed by atoms with van der Waals surface area (Å²) >= 11 is 0. The van der Waals surface area contributed by atoms with E-state index in [0.717, 1.165) is 12.0 Å². The van der Waals surface area contributed by atoms with Crippen molar-refractivity contribution in [1.29, 1.82) is 0 Å². The molecule has 76 valence electrons. The van der Waals surface area contributed by atoms with Crippen LogP contribution in [0.3, 0.4) is 0 Å². The summed E-state index contributed by atoms with van der Waals surface area (Å²) < 4.78 is 5.35. The van der Waals surface area contributed by atoms with Gasteiger partial charge in [0.25, 0.3) is 0 Å². The number of rotatable bonds is 4. The molecule has 2 unspecified atom stereocenters. The van der Waals surface area contributed by atoms with Crippen LogP contribution in [0.1, 0.15) is 38.5 Å². The zero-order valence-electron chi connectivity index (χ0n) is 8.59. The van der Waals surface area contributed by atoms with Gasteiger partial charge in [0.15, 0.2) is 0 Å². The summed E-state index contributed by atoms with van der Waals surface area (Å²) in [4.78, 5) is 0. The Morgan fingerprint density at radius 2 is 2.08 bits per heavy atom. The summed E-state index contributed by atoms with van der Waals surface area (Å²) in [5, 5.41) is 3.67. The molecule has 0 aromatic heterocycles. The van der Waals surface area contributed by atoms with E-state index in [1.165, 1.54) is 45.1 Å². The molecule has 2 rings (SSSR count). The average Bonchev–Trinajstić information content (AvgIpc) is 2.49. The number of hydrogen-bond donors (Lipinski definition) is 1. The van der Waals surface area contributed by atoms with Crippen LogP contribution < -0.4 is 5.32 Å². The molecule has 0 bridgehead atoms. The second-order valence-corrected chi connectivity index (χ2v) is 4.57. The quantitative estimate of drug-likeness (QED) is 0.719. The molecule has 0 amide bonds. The van der Waals surface area contributed by atoms with Gasteiger partial charge in [0, 0.05) is 13.2 Å². The number of ether oxygens (including phenoxy) is 1. The van der Waals surface area contributed by atoms with Gasteiger partial charge in [0.2, 0.25) is 0 Å². The minimum absolute atomic E-state index is 0.527. The molecule has 0 aromatic carbocycles. The Morgan fingerprint density at radius 1 is 1.23 bits per heavy atom. The van der Waals surface area contributed by atoms with Crippen molar-refractivity contribution in [2.45, 2.75) is 50.7 Å². The van der Waals surface area contributed by atoms with E-state index in [1.54, 1.807) is 0 Å². The van der Waals surface area contributed by atoms with Crippen molar-refractivity contribution in [3.8, 4) is 0 Å². The normalized spacial score (nSPS) is 34.8. The van der Waals surface area contributed by atoms with Gasteiger partial charge in [-0.05, 0) is 44.6 Å². The van der Waals surface area contributed by atoms with E-state index in [-0.39, 0.29) is 0 Å². The lowest BCUT2D eigenvalue weighted by molar-refractivity contribution is 0.106. The van der Waals surface area contributed by atoms with E-state index in [0.29, 0.717) is 6.10 Å². The molecule has 13 heavy (non-hydrogen) atoms. The first kappa shape index (κ1) is 9.47. The molecular weight excluding hydrogens is 162 g/mol. The Kier molecular flexibility index (Phi) is 3.23. The molecule has 1 N–H and O–H groups in total. The standard InChI is InChI=1S/C11H21NO/c1-13-11-6-5-10(7-11)12-8-9-3-2-4-9/h9-12H,2-8H2,1H3. The molecular formula is C11H21NO. The number of hydrogen-bond acceptors (Lipinski definition) is 2. The van der Waals surface area contributed by atoms with Crippen LogP contribution in [0.2, 0.25) is 0 Å². The molecule has 2 fully saturated rings. The lowest BCUT2D eigenvalue weighted by Crippen LogP contribution is -2.34. The van der Waals surface area contributed by atoms with E-state index >= 15 is 0 Å². The fourth-order valence-electron chi connectivity index (χ4n) is 2.37. The van der Waals surface area contributed by atoms with Crippen molar-refractivity contribution < 1.29 is 4.74 Å². The summed E-state index contributed by atoms with van der Waals surface area (Å²) in [5.74, 6) is 0.988. The first-order valence-electron chi connectivity index (χ1n) is 5.64. The SMILES string of the molecule is COC1CCC(NCC2CCC2)C1. The maximum absolute atomic E-state index is 5.35. The maximum Gasteiger partial charge on any atom is 0.0586 e. The zero-order valence-corrected chi connectivity index (χ0v) is 8.59. The lowest BCUT2D eigenvalue weighted by atomic mass is 9.85. The molecule has 0 spiro atoms. The number of nitrogens with one attached hydrogen (secondary N) is 1. The Morgan fingerprint density at radius 3 is 2.62 bits per heavy atom. The third-order valence-corrected chi connectivity index (χ3v) is 3.64. The third kappa shape index (κ3) is 2.44. The molecule has 0 aromatic rings. The van der Waals surface area contributed by atoms with Gasteiger partial charge in [-0.2, -0.15) is 0 Å². The van der Waals surface area contributed by atoms with E-state index < -0.39 is 0 Å². The molecule has 2 aliphatic carbocycles. The van der Waals surface area contributed by atoms with Crippen LogP contribution in [-0.2, 0) is 4.74 Å². The van der Waals surface area contributed by atoms with Crippen LogP contribution in [0, 0.1) is 5.92 Å². The van der Waals surface area contributed by atoms with Gasteiger partial charge in [0.1, 0.15) is 0 Å².